The second-order valence-electron chi connectivity index (χ2n) is 4.90. The van der Waals surface area contributed by atoms with Gasteiger partial charge in [-0.3, -0.25) is 4.79 Å². The van der Waals surface area contributed by atoms with E-state index in [1.54, 1.807) is 27.4 Å². The molecule has 21 heavy (non-hydrogen) atoms. The molecule has 0 fully saturated rings. The molecule has 0 amide bonds. The molecule has 4 rings (SSSR count). The van der Waals surface area contributed by atoms with E-state index < -0.39 is 5.43 Å². The minimum atomic E-state index is -0.429. The van der Waals surface area contributed by atoms with E-state index >= 15 is 0 Å². The fourth-order valence-electron chi connectivity index (χ4n) is 2.69. The summed E-state index contributed by atoms with van der Waals surface area (Å²) >= 11 is 0. The van der Waals surface area contributed by atoms with Crippen molar-refractivity contribution in [3.63, 3.8) is 0 Å². The molecule has 0 spiro atoms. The number of hydrogen-bond donors (Lipinski definition) is 2. The van der Waals surface area contributed by atoms with Crippen molar-refractivity contribution in [3.05, 3.63) is 65.1 Å². The van der Waals surface area contributed by atoms with Crippen LogP contribution >= 0.6 is 0 Å². The zero-order valence-electron chi connectivity index (χ0n) is 10.9. The third kappa shape index (κ3) is 1.51. The Balaban J connectivity index is 2.19. The van der Waals surface area contributed by atoms with Crippen LogP contribution in [0.15, 0.2) is 59.7 Å². The van der Waals surface area contributed by atoms with E-state index in [1.807, 2.05) is 30.3 Å². The van der Waals surface area contributed by atoms with Crippen molar-refractivity contribution < 1.29 is 14.6 Å². The SMILES string of the molecule is O=c1c(O)cc2cn(-c3ccccc3)c(O)[n+]3ccc1c23. The van der Waals surface area contributed by atoms with Crippen LogP contribution in [-0.2, 0) is 0 Å². The number of benzene rings is 2. The molecule has 2 N–H and O–H groups in total. The van der Waals surface area contributed by atoms with Crippen molar-refractivity contribution in [2.24, 2.45) is 0 Å². The van der Waals surface area contributed by atoms with Crippen molar-refractivity contribution in [3.8, 4) is 17.4 Å². The monoisotopic (exact) mass is 279 g/mol. The highest BCUT2D eigenvalue weighted by molar-refractivity contribution is 5.93. The van der Waals surface area contributed by atoms with Crippen LogP contribution in [0.1, 0.15) is 0 Å². The summed E-state index contributed by atoms with van der Waals surface area (Å²) in [5.41, 5.74) is 0.956. The molecule has 0 saturated heterocycles. The Kier molecular flexibility index (Phi) is 2.21. The first kappa shape index (κ1) is 11.7. The highest BCUT2D eigenvalue weighted by Gasteiger charge is 2.22. The summed E-state index contributed by atoms with van der Waals surface area (Å²) < 4.78 is 3.14. The van der Waals surface area contributed by atoms with Gasteiger partial charge in [-0.25, -0.2) is 0 Å². The van der Waals surface area contributed by atoms with Crippen LogP contribution in [0, 0.1) is 0 Å². The van der Waals surface area contributed by atoms with E-state index in [1.165, 1.54) is 6.07 Å². The number of aromatic hydroxyl groups is 2. The van der Waals surface area contributed by atoms with Gasteiger partial charge in [-0.2, -0.15) is 8.97 Å². The van der Waals surface area contributed by atoms with Crippen LogP contribution in [0.2, 0.25) is 0 Å². The largest absolute Gasteiger partial charge is 0.504 e. The van der Waals surface area contributed by atoms with Gasteiger partial charge in [-0.1, -0.05) is 18.2 Å². The lowest BCUT2D eigenvalue weighted by Gasteiger charge is -2.05. The van der Waals surface area contributed by atoms with E-state index in [4.69, 9.17) is 0 Å². The van der Waals surface area contributed by atoms with E-state index in [0.717, 1.165) is 5.69 Å². The average Bonchev–Trinajstić information content (AvgIpc) is 2.95. The third-order valence-corrected chi connectivity index (χ3v) is 3.66. The molecule has 0 aliphatic heterocycles. The second-order valence-corrected chi connectivity index (χ2v) is 4.90. The molecule has 2 aromatic carbocycles. The summed E-state index contributed by atoms with van der Waals surface area (Å²) in [6, 6.07) is 12.4. The van der Waals surface area contributed by atoms with E-state index in [0.29, 0.717) is 16.3 Å². The highest BCUT2D eigenvalue weighted by atomic mass is 16.3. The van der Waals surface area contributed by atoms with E-state index in [2.05, 4.69) is 0 Å². The van der Waals surface area contributed by atoms with Crippen molar-refractivity contribution in [2.75, 3.05) is 0 Å². The third-order valence-electron chi connectivity index (χ3n) is 3.66. The van der Waals surface area contributed by atoms with Gasteiger partial charge in [0.2, 0.25) is 5.43 Å². The Hall–Kier alpha value is -3.08. The Bertz CT molecular complexity index is 1020. The van der Waals surface area contributed by atoms with Gasteiger partial charge in [-0.15, -0.1) is 0 Å². The van der Waals surface area contributed by atoms with Crippen LogP contribution in [0.4, 0.5) is 0 Å². The maximum atomic E-state index is 11.9. The highest BCUT2D eigenvalue weighted by Crippen LogP contribution is 2.24. The number of phenolic OH excluding ortho intramolecular Hbond substituents is 1. The predicted octanol–water partition coefficient (Wildman–Crippen LogP) is 1.58. The quantitative estimate of drug-likeness (QED) is 0.520. The molecule has 0 atom stereocenters. The molecule has 4 aromatic rings. The average molecular weight is 279 g/mol. The van der Waals surface area contributed by atoms with Gasteiger partial charge in [0, 0.05) is 0 Å². The van der Waals surface area contributed by atoms with Gasteiger partial charge in [-0.05, 0) is 24.3 Å². The zero-order chi connectivity index (χ0) is 14.6. The maximum absolute atomic E-state index is 11.9. The Morgan fingerprint density at radius 1 is 1.05 bits per heavy atom. The standard InChI is InChI=1S/C16H10N2O3/c19-13-8-10-9-18(11-4-2-1-3-5-11)16(21)17-7-6-12(14(10)17)15(13)20/h1-9,19H/p+1. The summed E-state index contributed by atoms with van der Waals surface area (Å²) in [5, 5.41) is 21.3. The fraction of sp³-hybridized carbons (Fsp3) is 0. The summed E-state index contributed by atoms with van der Waals surface area (Å²) in [6.07, 6.45) is 3.32. The summed E-state index contributed by atoms with van der Waals surface area (Å²) in [6.45, 7) is 0. The minimum Gasteiger partial charge on any atom is -0.504 e. The summed E-state index contributed by atoms with van der Waals surface area (Å²) in [5.74, 6) is -0.291. The lowest BCUT2D eigenvalue weighted by molar-refractivity contribution is -0.523. The van der Waals surface area contributed by atoms with Gasteiger partial charge in [0.05, 0.1) is 10.8 Å². The molecular weight excluding hydrogens is 268 g/mol. The maximum Gasteiger partial charge on any atom is 0.464 e. The van der Waals surface area contributed by atoms with Gasteiger partial charge in [0.15, 0.2) is 11.3 Å². The number of nitrogens with zero attached hydrogens (tertiary/aromatic N) is 2. The number of phenols is 1. The van der Waals surface area contributed by atoms with Crippen LogP contribution in [0.3, 0.4) is 0 Å². The zero-order valence-corrected chi connectivity index (χ0v) is 10.9. The summed E-state index contributed by atoms with van der Waals surface area (Å²) in [4.78, 5) is 11.9. The lowest BCUT2D eigenvalue weighted by atomic mass is 10.1. The molecule has 0 aliphatic carbocycles. The Morgan fingerprint density at radius 2 is 1.81 bits per heavy atom. The Labute approximate surface area is 118 Å². The van der Waals surface area contributed by atoms with Crippen molar-refractivity contribution in [1.82, 2.24) is 4.57 Å². The molecule has 0 bridgehead atoms. The van der Waals surface area contributed by atoms with Gasteiger partial charge >= 0.3 is 6.01 Å². The molecule has 0 aliphatic rings. The molecule has 0 saturated carbocycles. The van der Waals surface area contributed by atoms with Crippen LogP contribution < -0.4 is 9.83 Å². The molecule has 2 heterocycles. The normalized spacial score (nSPS) is 11.4. The first-order chi connectivity index (χ1) is 10.2. The molecule has 0 radical (unpaired) electrons. The number of rotatable bonds is 1. The first-order valence-corrected chi connectivity index (χ1v) is 6.46. The molecule has 2 aromatic heterocycles. The van der Waals surface area contributed by atoms with Gasteiger partial charge < -0.3 is 10.2 Å². The number of hydrogen-bond acceptors (Lipinski definition) is 3. The lowest BCUT2D eigenvalue weighted by Crippen LogP contribution is -2.24. The van der Waals surface area contributed by atoms with Crippen molar-refractivity contribution in [2.45, 2.75) is 0 Å². The number of aromatic nitrogens is 2. The molecule has 0 unspecified atom stereocenters. The topological polar surface area (TPSA) is 66.6 Å². The van der Waals surface area contributed by atoms with Crippen LogP contribution in [0.25, 0.3) is 22.0 Å². The van der Waals surface area contributed by atoms with Gasteiger partial charge in [0.1, 0.15) is 18.1 Å². The first-order valence-electron chi connectivity index (χ1n) is 6.46. The molecular formula is C16H11N2O3+. The minimum absolute atomic E-state index is 0.00575. The smallest absolute Gasteiger partial charge is 0.464 e. The van der Waals surface area contributed by atoms with E-state index in [-0.39, 0.29) is 11.8 Å². The summed E-state index contributed by atoms with van der Waals surface area (Å²) in [7, 11) is 0. The van der Waals surface area contributed by atoms with Crippen LogP contribution in [0.5, 0.6) is 11.8 Å². The molecule has 102 valence electrons. The number of para-hydroxylation sites is 1. The van der Waals surface area contributed by atoms with Crippen LogP contribution in [-0.4, -0.2) is 14.8 Å². The van der Waals surface area contributed by atoms with Gasteiger partial charge in [0.25, 0.3) is 0 Å². The fourth-order valence-corrected chi connectivity index (χ4v) is 2.69. The van der Waals surface area contributed by atoms with E-state index in [9.17, 15) is 15.0 Å². The molecule has 5 heteroatoms. The predicted molar refractivity (Wildman–Crippen MR) is 77.2 cm³/mol. The second kappa shape index (κ2) is 3.96. The Morgan fingerprint density at radius 3 is 2.57 bits per heavy atom. The molecule has 5 nitrogen and oxygen atoms in total. The van der Waals surface area contributed by atoms with Crippen molar-refractivity contribution in [1.29, 1.82) is 0 Å². The van der Waals surface area contributed by atoms with Crippen molar-refractivity contribution >= 4 is 16.3 Å².